The van der Waals surface area contributed by atoms with Crippen molar-refractivity contribution < 1.29 is 30.2 Å². The van der Waals surface area contributed by atoms with E-state index >= 15 is 0 Å². The number of aliphatic carboxylic acids is 1. The third-order valence-corrected chi connectivity index (χ3v) is 1.80. The molecule has 0 aliphatic rings. The Morgan fingerprint density at radius 3 is 2.31 bits per heavy atom. The van der Waals surface area contributed by atoms with E-state index in [2.05, 4.69) is 6.58 Å². The number of hydrogen-bond acceptors (Lipinski definition) is 1. The van der Waals surface area contributed by atoms with Crippen molar-refractivity contribution >= 4 is 5.97 Å². The minimum absolute atomic E-state index is 0. The Morgan fingerprint density at radius 2 is 1.77 bits per heavy atom. The van der Waals surface area contributed by atoms with Crippen molar-refractivity contribution in [2.45, 2.75) is 44.9 Å². The van der Waals surface area contributed by atoms with E-state index in [9.17, 15) is 4.79 Å². The van der Waals surface area contributed by atoms with Gasteiger partial charge >= 0.3 is 24.8 Å². The number of carbonyl (C=O) groups is 1. The quantitative estimate of drug-likeness (QED) is 0.325. The van der Waals surface area contributed by atoms with E-state index < -0.39 is 5.97 Å². The molecule has 3 heteroatoms. The average Bonchev–Trinajstić information content (AvgIpc) is 2.02. The van der Waals surface area contributed by atoms with Crippen molar-refractivity contribution in [1.82, 2.24) is 0 Å². The maximum absolute atomic E-state index is 10.1. The Kier molecular flexibility index (Phi) is 13.9. The van der Waals surface area contributed by atoms with Gasteiger partial charge in [0.1, 0.15) is 0 Å². The standard InChI is InChI=1S/C10H18O2.Li.H/c1-2-3-4-5-6-7-8-9-10(11)12;;/h2H,1,3-9H2,(H,11,12);;/q;+1;-1. The number of carboxylic acids is 1. The summed E-state index contributed by atoms with van der Waals surface area (Å²) >= 11 is 0. The van der Waals surface area contributed by atoms with Crippen LogP contribution in [0, 0.1) is 0 Å². The topological polar surface area (TPSA) is 37.3 Å². The summed E-state index contributed by atoms with van der Waals surface area (Å²) < 4.78 is 0. The van der Waals surface area contributed by atoms with Crippen molar-refractivity contribution in [3.05, 3.63) is 12.7 Å². The van der Waals surface area contributed by atoms with Crippen molar-refractivity contribution in [1.29, 1.82) is 0 Å². The van der Waals surface area contributed by atoms with Crippen molar-refractivity contribution in [3.63, 3.8) is 0 Å². The molecule has 0 amide bonds. The van der Waals surface area contributed by atoms with Gasteiger partial charge in [-0.15, -0.1) is 6.58 Å². The zero-order valence-electron chi connectivity index (χ0n) is 9.59. The molecule has 0 heterocycles. The fourth-order valence-electron chi connectivity index (χ4n) is 1.10. The van der Waals surface area contributed by atoms with E-state index in [1.807, 2.05) is 6.08 Å². The molecule has 0 unspecified atom stereocenters. The first-order valence-electron chi connectivity index (χ1n) is 4.60. The first kappa shape index (κ1) is 15.3. The molecule has 1 N–H and O–H groups in total. The van der Waals surface area contributed by atoms with Crippen molar-refractivity contribution in [3.8, 4) is 0 Å². The number of hydrogen-bond donors (Lipinski definition) is 1. The minimum Gasteiger partial charge on any atom is -1.00 e. The Morgan fingerprint density at radius 1 is 1.23 bits per heavy atom. The van der Waals surface area contributed by atoms with Crippen LogP contribution in [0.3, 0.4) is 0 Å². The van der Waals surface area contributed by atoms with Gasteiger partial charge in [0.15, 0.2) is 0 Å². The Bertz CT molecular complexity index is 140. The Balaban J connectivity index is -0.000000605. The minimum atomic E-state index is -0.680. The first-order valence-corrected chi connectivity index (χ1v) is 4.60. The van der Waals surface area contributed by atoms with Gasteiger partial charge in [-0.25, -0.2) is 0 Å². The van der Waals surface area contributed by atoms with Crippen LogP contribution in [0.5, 0.6) is 0 Å². The number of allylic oxidation sites excluding steroid dienone is 1. The molecule has 0 spiro atoms. The molecule has 72 valence electrons. The second kappa shape index (κ2) is 11.8. The third-order valence-electron chi connectivity index (χ3n) is 1.80. The maximum Gasteiger partial charge on any atom is 1.00 e. The van der Waals surface area contributed by atoms with E-state index in [0.29, 0.717) is 6.42 Å². The molecule has 0 aliphatic heterocycles. The van der Waals surface area contributed by atoms with E-state index in [4.69, 9.17) is 5.11 Å². The van der Waals surface area contributed by atoms with Gasteiger partial charge in [0.25, 0.3) is 0 Å². The molecule has 13 heavy (non-hydrogen) atoms. The molecule has 0 saturated heterocycles. The van der Waals surface area contributed by atoms with Gasteiger partial charge < -0.3 is 6.53 Å². The maximum atomic E-state index is 10.1. The monoisotopic (exact) mass is 178 g/mol. The normalized spacial score (nSPS) is 8.92. The zero-order chi connectivity index (χ0) is 9.23. The smallest absolute Gasteiger partial charge is 1.00 e. The van der Waals surface area contributed by atoms with Gasteiger partial charge in [0.2, 0.25) is 0 Å². The number of carboxylic acid groups (broad SMARTS) is 1. The van der Waals surface area contributed by atoms with Gasteiger partial charge in [-0.1, -0.05) is 25.3 Å². The van der Waals surface area contributed by atoms with Crippen LogP contribution >= 0.6 is 0 Å². The van der Waals surface area contributed by atoms with Crippen LogP contribution in [0.4, 0.5) is 0 Å². The van der Waals surface area contributed by atoms with E-state index in [-0.39, 0.29) is 20.3 Å². The first-order chi connectivity index (χ1) is 5.77. The zero-order valence-corrected chi connectivity index (χ0v) is 8.59. The van der Waals surface area contributed by atoms with Crippen molar-refractivity contribution in [2.75, 3.05) is 0 Å². The second-order valence-corrected chi connectivity index (χ2v) is 2.99. The fourth-order valence-corrected chi connectivity index (χ4v) is 1.10. The summed E-state index contributed by atoms with van der Waals surface area (Å²) in [6.07, 6.45) is 8.74. The number of rotatable bonds is 8. The van der Waals surface area contributed by atoms with Gasteiger partial charge in [-0.05, 0) is 19.3 Å². The van der Waals surface area contributed by atoms with Gasteiger partial charge in [0, 0.05) is 6.42 Å². The third kappa shape index (κ3) is 14.6. The molecule has 0 atom stereocenters. The molecule has 0 aromatic heterocycles. The molecule has 0 aromatic rings. The van der Waals surface area contributed by atoms with Crippen LogP contribution in [0.25, 0.3) is 0 Å². The summed E-state index contributed by atoms with van der Waals surface area (Å²) in [5.41, 5.74) is 0. The number of unbranched alkanes of at least 4 members (excludes halogenated alkanes) is 5. The molecule has 0 bridgehead atoms. The summed E-state index contributed by atoms with van der Waals surface area (Å²) in [6, 6.07) is 0. The average molecular weight is 178 g/mol. The van der Waals surface area contributed by atoms with E-state index in [1.54, 1.807) is 0 Å². The largest absolute Gasteiger partial charge is 1.00 e. The summed E-state index contributed by atoms with van der Waals surface area (Å²) in [7, 11) is 0. The predicted molar refractivity (Wildman–Crippen MR) is 51.3 cm³/mol. The molecule has 2 nitrogen and oxygen atoms in total. The van der Waals surface area contributed by atoms with E-state index in [0.717, 1.165) is 25.7 Å². The molecule has 0 saturated carbocycles. The SMILES string of the molecule is C=CCCCCCCCC(=O)O.[H-].[Li+]. The summed E-state index contributed by atoms with van der Waals surface area (Å²) in [4.78, 5) is 10.1. The predicted octanol–water partition coefficient (Wildman–Crippen LogP) is 0.104. The van der Waals surface area contributed by atoms with Crippen LogP contribution in [0.15, 0.2) is 12.7 Å². The fraction of sp³-hybridized carbons (Fsp3) is 0.700. The summed E-state index contributed by atoms with van der Waals surface area (Å²) in [5.74, 6) is -0.680. The second-order valence-electron chi connectivity index (χ2n) is 2.99. The molecule has 0 radical (unpaired) electrons. The van der Waals surface area contributed by atoms with Gasteiger partial charge in [-0.3, -0.25) is 4.79 Å². The van der Waals surface area contributed by atoms with Crippen LogP contribution in [0.1, 0.15) is 46.4 Å². The van der Waals surface area contributed by atoms with E-state index in [1.165, 1.54) is 12.8 Å². The van der Waals surface area contributed by atoms with Crippen LogP contribution in [-0.4, -0.2) is 11.1 Å². The molecule has 0 fully saturated rings. The van der Waals surface area contributed by atoms with Crippen LogP contribution in [0.2, 0.25) is 0 Å². The van der Waals surface area contributed by atoms with Gasteiger partial charge in [0.05, 0.1) is 0 Å². The molecule has 0 rings (SSSR count). The van der Waals surface area contributed by atoms with Crippen LogP contribution in [-0.2, 0) is 4.79 Å². The Labute approximate surface area is 94.1 Å². The molecule has 0 aliphatic carbocycles. The Hall–Kier alpha value is -0.193. The van der Waals surface area contributed by atoms with Gasteiger partial charge in [-0.2, -0.15) is 0 Å². The molecular formula is C10H19LiO2. The molecular weight excluding hydrogens is 159 g/mol. The summed E-state index contributed by atoms with van der Waals surface area (Å²) in [5, 5.41) is 8.34. The molecule has 0 aromatic carbocycles. The summed E-state index contributed by atoms with van der Waals surface area (Å²) in [6.45, 7) is 3.64. The van der Waals surface area contributed by atoms with Crippen molar-refractivity contribution in [2.24, 2.45) is 0 Å². The van der Waals surface area contributed by atoms with Crippen LogP contribution < -0.4 is 18.9 Å².